The molecule has 2 heterocycles. The first-order valence-electron chi connectivity index (χ1n) is 5.41. The van der Waals surface area contributed by atoms with Crippen molar-refractivity contribution >= 4 is 11.6 Å². The summed E-state index contributed by atoms with van der Waals surface area (Å²) >= 11 is 0. The SMILES string of the molecule is CCC1COCCN1C(=O)c1[nH]ncc1N. The van der Waals surface area contributed by atoms with E-state index in [1.807, 2.05) is 6.92 Å². The molecule has 0 saturated carbocycles. The van der Waals surface area contributed by atoms with Gasteiger partial charge in [0.1, 0.15) is 5.69 Å². The second kappa shape index (κ2) is 4.52. The molecule has 2 rings (SSSR count). The first kappa shape index (κ1) is 10.9. The van der Waals surface area contributed by atoms with Gasteiger partial charge < -0.3 is 15.4 Å². The molecule has 0 bridgehead atoms. The number of nitrogen functional groups attached to an aromatic ring is 1. The molecule has 1 aromatic heterocycles. The fourth-order valence-electron chi connectivity index (χ4n) is 1.87. The predicted octanol–water partition coefficient (Wildman–Crippen LogP) is 0.243. The summed E-state index contributed by atoms with van der Waals surface area (Å²) in [5.41, 5.74) is 6.43. The molecule has 0 aliphatic carbocycles. The number of aromatic nitrogens is 2. The van der Waals surface area contributed by atoms with Gasteiger partial charge in [0.2, 0.25) is 0 Å². The van der Waals surface area contributed by atoms with E-state index in [-0.39, 0.29) is 11.9 Å². The molecule has 0 radical (unpaired) electrons. The van der Waals surface area contributed by atoms with E-state index in [0.717, 1.165) is 6.42 Å². The number of nitrogens with one attached hydrogen (secondary N) is 1. The zero-order valence-electron chi connectivity index (χ0n) is 9.27. The molecule has 0 aromatic carbocycles. The number of morpholine rings is 1. The number of nitrogens with two attached hydrogens (primary N) is 1. The van der Waals surface area contributed by atoms with Crippen molar-refractivity contribution in [1.82, 2.24) is 15.1 Å². The van der Waals surface area contributed by atoms with Crippen molar-refractivity contribution in [3.8, 4) is 0 Å². The Hall–Kier alpha value is -1.56. The first-order valence-corrected chi connectivity index (χ1v) is 5.41. The number of hydrogen-bond donors (Lipinski definition) is 2. The van der Waals surface area contributed by atoms with Gasteiger partial charge in [0.15, 0.2) is 0 Å². The van der Waals surface area contributed by atoms with Crippen molar-refractivity contribution in [3.05, 3.63) is 11.9 Å². The summed E-state index contributed by atoms with van der Waals surface area (Å²) in [6, 6.07) is 0.129. The normalized spacial score (nSPS) is 21.1. The number of anilines is 1. The van der Waals surface area contributed by atoms with Crippen LogP contribution >= 0.6 is 0 Å². The highest BCUT2D eigenvalue weighted by Crippen LogP contribution is 2.16. The molecule has 88 valence electrons. The number of hydrogen-bond acceptors (Lipinski definition) is 4. The average molecular weight is 224 g/mol. The number of aromatic amines is 1. The largest absolute Gasteiger partial charge is 0.396 e. The maximum Gasteiger partial charge on any atom is 0.274 e. The van der Waals surface area contributed by atoms with Gasteiger partial charge in [0.25, 0.3) is 5.91 Å². The Labute approximate surface area is 93.8 Å². The Balaban J connectivity index is 2.17. The number of carbonyl (C=O) groups excluding carboxylic acids is 1. The van der Waals surface area contributed by atoms with Crippen LogP contribution in [0.1, 0.15) is 23.8 Å². The van der Waals surface area contributed by atoms with E-state index >= 15 is 0 Å². The van der Waals surface area contributed by atoms with Gasteiger partial charge >= 0.3 is 0 Å². The lowest BCUT2D eigenvalue weighted by Gasteiger charge is -2.34. The third-order valence-electron chi connectivity index (χ3n) is 2.84. The molecule has 1 unspecified atom stereocenters. The summed E-state index contributed by atoms with van der Waals surface area (Å²) in [6.45, 7) is 3.82. The second-order valence-corrected chi connectivity index (χ2v) is 3.84. The lowest BCUT2D eigenvalue weighted by atomic mass is 10.1. The first-order chi connectivity index (χ1) is 7.74. The van der Waals surface area contributed by atoms with Gasteiger partial charge in [0.05, 0.1) is 31.1 Å². The Morgan fingerprint density at radius 2 is 2.62 bits per heavy atom. The van der Waals surface area contributed by atoms with Crippen LogP contribution in [0, 0.1) is 0 Å². The monoisotopic (exact) mass is 224 g/mol. The molecule has 0 spiro atoms. The van der Waals surface area contributed by atoms with Gasteiger partial charge in [0, 0.05) is 6.54 Å². The van der Waals surface area contributed by atoms with E-state index in [2.05, 4.69) is 10.2 Å². The van der Waals surface area contributed by atoms with Crippen LogP contribution < -0.4 is 5.73 Å². The molecule has 3 N–H and O–H groups in total. The van der Waals surface area contributed by atoms with Crippen molar-refractivity contribution in [2.45, 2.75) is 19.4 Å². The Bertz CT molecular complexity index is 377. The maximum absolute atomic E-state index is 12.2. The fraction of sp³-hybridized carbons (Fsp3) is 0.600. The van der Waals surface area contributed by atoms with E-state index in [9.17, 15) is 4.79 Å². The molecule has 6 heteroatoms. The van der Waals surface area contributed by atoms with Crippen LogP contribution in [0.5, 0.6) is 0 Å². The highest BCUT2D eigenvalue weighted by molar-refractivity contribution is 5.97. The van der Waals surface area contributed by atoms with Crippen LogP contribution in [0.25, 0.3) is 0 Å². The van der Waals surface area contributed by atoms with Crippen molar-refractivity contribution in [2.24, 2.45) is 0 Å². The van der Waals surface area contributed by atoms with E-state index < -0.39 is 0 Å². The number of carbonyl (C=O) groups is 1. The molecule has 1 aromatic rings. The summed E-state index contributed by atoms with van der Waals surface area (Å²) in [6.07, 6.45) is 2.33. The predicted molar refractivity (Wildman–Crippen MR) is 58.9 cm³/mol. The average Bonchev–Trinajstić information content (AvgIpc) is 2.74. The molecule has 16 heavy (non-hydrogen) atoms. The standard InChI is InChI=1S/C10H16N4O2/c1-2-7-6-16-4-3-14(7)10(15)9-8(11)5-12-13-9/h5,7H,2-4,6,11H2,1H3,(H,12,13). The number of ether oxygens (including phenoxy) is 1. The molecule has 1 aliphatic rings. The molecule has 1 saturated heterocycles. The van der Waals surface area contributed by atoms with Gasteiger partial charge in [-0.1, -0.05) is 6.92 Å². The highest BCUT2D eigenvalue weighted by Gasteiger charge is 2.28. The van der Waals surface area contributed by atoms with Crippen molar-refractivity contribution in [3.63, 3.8) is 0 Å². The van der Waals surface area contributed by atoms with Crippen molar-refractivity contribution in [1.29, 1.82) is 0 Å². The summed E-state index contributed by atoms with van der Waals surface area (Å²) in [7, 11) is 0. The summed E-state index contributed by atoms with van der Waals surface area (Å²) in [5, 5.41) is 6.40. The van der Waals surface area contributed by atoms with Crippen LogP contribution in [0.2, 0.25) is 0 Å². The fourth-order valence-corrected chi connectivity index (χ4v) is 1.87. The van der Waals surface area contributed by atoms with Crippen LogP contribution in [0.4, 0.5) is 5.69 Å². The third kappa shape index (κ3) is 1.88. The minimum atomic E-state index is -0.0925. The highest BCUT2D eigenvalue weighted by atomic mass is 16.5. The van der Waals surface area contributed by atoms with Crippen molar-refractivity contribution in [2.75, 3.05) is 25.5 Å². The number of nitrogens with zero attached hydrogens (tertiary/aromatic N) is 2. The lowest BCUT2D eigenvalue weighted by Crippen LogP contribution is -2.48. The molecular formula is C10H16N4O2. The summed E-state index contributed by atoms with van der Waals surface area (Å²) in [4.78, 5) is 14.0. The van der Waals surface area contributed by atoms with E-state index in [0.29, 0.717) is 31.1 Å². The van der Waals surface area contributed by atoms with Crippen LogP contribution in [0.3, 0.4) is 0 Å². The molecule has 1 amide bonds. The Kier molecular flexibility index (Phi) is 3.09. The molecule has 1 atom stereocenters. The summed E-state index contributed by atoms with van der Waals surface area (Å²) in [5.74, 6) is -0.0925. The molecular weight excluding hydrogens is 208 g/mol. The van der Waals surface area contributed by atoms with E-state index in [1.165, 1.54) is 6.20 Å². The number of amides is 1. The lowest BCUT2D eigenvalue weighted by molar-refractivity contribution is -0.00305. The molecule has 1 fully saturated rings. The number of rotatable bonds is 2. The van der Waals surface area contributed by atoms with Crippen LogP contribution in [0.15, 0.2) is 6.20 Å². The third-order valence-corrected chi connectivity index (χ3v) is 2.84. The zero-order valence-corrected chi connectivity index (χ0v) is 9.27. The second-order valence-electron chi connectivity index (χ2n) is 3.84. The Morgan fingerprint density at radius 1 is 1.81 bits per heavy atom. The maximum atomic E-state index is 12.2. The van der Waals surface area contributed by atoms with Gasteiger partial charge in [-0.15, -0.1) is 0 Å². The van der Waals surface area contributed by atoms with Crippen molar-refractivity contribution < 1.29 is 9.53 Å². The zero-order chi connectivity index (χ0) is 11.5. The quantitative estimate of drug-likeness (QED) is 0.753. The van der Waals surface area contributed by atoms with Crippen LogP contribution in [-0.4, -0.2) is 46.8 Å². The minimum Gasteiger partial charge on any atom is -0.396 e. The number of H-pyrrole nitrogens is 1. The van der Waals surface area contributed by atoms with Gasteiger partial charge in [-0.2, -0.15) is 5.10 Å². The Morgan fingerprint density at radius 3 is 3.25 bits per heavy atom. The summed E-state index contributed by atoms with van der Waals surface area (Å²) < 4.78 is 5.35. The smallest absolute Gasteiger partial charge is 0.274 e. The molecule has 6 nitrogen and oxygen atoms in total. The van der Waals surface area contributed by atoms with Gasteiger partial charge in [-0.05, 0) is 6.42 Å². The van der Waals surface area contributed by atoms with Crippen LogP contribution in [-0.2, 0) is 4.74 Å². The van der Waals surface area contributed by atoms with Gasteiger partial charge in [-0.3, -0.25) is 9.89 Å². The van der Waals surface area contributed by atoms with E-state index in [1.54, 1.807) is 4.90 Å². The van der Waals surface area contributed by atoms with Gasteiger partial charge in [-0.25, -0.2) is 0 Å². The topological polar surface area (TPSA) is 84.2 Å². The minimum absolute atomic E-state index is 0.0925. The molecule has 1 aliphatic heterocycles. The van der Waals surface area contributed by atoms with E-state index in [4.69, 9.17) is 10.5 Å².